The van der Waals surface area contributed by atoms with Crippen LogP contribution in [0, 0.1) is 5.41 Å². The quantitative estimate of drug-likeness (QED) is 0.491. The second kappa shape index (κ2) is 9.53. The Morgan fingerprint density at radius 1 is 1.06 bits per heavy atom. The summed E-state index contributed by atoms with van der Waals surface area (Å²) in [7, 11) is 1.62. The van der Waals surface area contributed by atoms with Crippen molar-refractivity contribution in [3.63, 3.8) is 0 Å². The highest BCUT2D eigenvalue weighted by molar-refractivity contribution is 8.16. The summed E-state index contributed by atoms with van der Waals surface area (Å²) < 4.78 is 16.8. The second-order valence-electron chi connectivity index (χ2n) is 6.65. The molecule has 2 aliphatic heterocycles. The van der Waals surface area contributed by atoms with Crippen LogP contribution in [-0.4, -0.2) is 42.1 Å². The Hall–Kier alpha value is -3.52. The van der Waals surface area contributed by atoms with Gasteiger partial charge >= 0.3 is 0 Å². The maximum absolute atomic E-state index is 12.3. The number of amides is 1. The van der Waals surface area contributed by atoms with Gasteiger partial charge in [-0.05, 0) is 41.3 Å². The molecular formula is C23H21N3O4S. The van der Waals surface area contributed by atoms with Gasteiger partial charge in [-0.1, -0.05) is 36.0 Å². The Kier molecular flexibility index (Phi) is 6.37. The van der Waals surface area contributed by atoms with Crippen molar-refractivity contribution in [3.8, 4) is 17.2 Å². The molecule has 0 spiro atoms. The van der Waals surface area contributed by atoms with Gasteiger partial charge in [-0.2, -0.15) is 4.99 Å². The summed E-state index contributed by atoms with van der Waals surface area (Å²) >= 11 is 1.33. The lowest BCUT2D eigenvalue weighted by atomic mass is 10.1. The first-order chi connectivity index (χ1) is 15.2. The van der Waals surface area contributed by atoms with E-state index in [4.69, 9.17) is 19.6 Å². The summed E-state index contributed by atoms with van der Waals surface area (Å²) in [6, 6.07) is 14.9. The van der Waals surface area contributed by atoms with Crippen LogP contribution in [0.2, 0.25) is 0 Å². The minimum Gasteiger partial charge on any atom is -0.493 e. The molecule has 158 valence electrons. The maximum Gasteiger partial charge on any atom is 0.283 e. The first kappa shape index (κ1) is 20.7. The van der Waals surface area contributed by atoms with Gasteiger partial charge in [-0.25, -0.2) is 0 Å². The molecule has 0 saturated heterocycles. The lowest BCUT2D eigenvalue weighted by Crippen LogP contribution is -2.35. The Morgan fingerprint density at radius 3 is 2.58 bits per heavy atom. The summed E-state index contributed by atoms with van der Waals surface area (Å²) in [4.78, 5) is 17.9. The summed E-state index contributed by atoms with van der Waals surface area (Å²) in [6.07, 6.45) is 4.13. The number of hydrogen-bond acceptors (Lipinski definition) is 6. The summed E-state index contributed by atoms with van der Waals surface area (Å²) in [5.74, 6) is 1.88. The standard InChI is InChI=1S/C23H21N3O4S/c1-28-19-5-2-3-6-20(19)30-13-4-12-29-17-9-7-16(8-10-17)15-18-21(24)26-11-14-31-23(26)25-22(18)27/h2-3,5-11,14-15,24H,4,12-13H2,1H3/b18-15-,24-21?. The number of benzene rings is 2. The van der Waals surface area contributed by atoms with Crippen LogP contribution < -0.4 is 14.2 Å². The van der Waals surface area contributed by atoms with Crippen LogP contribution in [0.1, 0.15) is 12.0 Å². The Labute approximate surface area is 184 Å². The molecule has 0 radical (unpaired) electrons. The molecule has 0 aromatic heterocycles. The van der Waals surface area contributed by atoms with Crippen molar-refractivity contribution in [2.24, 2.45) is 4.99 Å². The Bertz CT molecular complexity index is 1080. The van der Waals surface area contributed by atoms with Crippen molar-refractivity contribution in [1.29, 1.82) is 5.41 Å². The third-order valence-corrected chi connectivity index (χ3v) is 5.34. The predicted molar refractivity (Wildman–Crippen MR) is 122 cm³/mol. The third-order valence-electron chi connectivity index (χ3n) is 4.59. The summed E-state index contributed by atoms with van der Waals surface area (Å²) in [5, 5.41) is 10.6. The lowest BCUT2D eigenvalue weighted by molar-refractivity contribution is -0.114. The van der Waals surface area contributed by atoms with Crippen molar-refractivity contribution < 1.29 is 19.0 Å². The molecule has 4 rings (SSSR count). The van der Waals surface area contributed by atoms with Gasteiger partial charge in [0, 0.05) is 12.6 Å². The average molecular weight is 436 g/mol. The number of amidine groups is 2. The molecule has 2 aromatic rings. The fourth-order valence-electron chi connectivity index (χ4n) is 3.03. The van der Waals surface area contributed by atoms with Crippen LogP contribution in [0.25, 0.3) is 6.08 Å². The van der Waals surface area contributed by atoms with Crippen molar-refractivity contribution in [1.82, 2.24) is 4.90 Å². The molecule has 0 aliphatic carbocycles. The van der Waals surface area contributed by atoms with Crippen LogP contribution in [0.15, 0.2) is 70.7 Å². The third kappa shape index (κ3) is 4.80. The molecule has 0 atom stereocenters. The fourth-order valence-corrected chi connectivity index (χ4v) is 3.73. The number of rotatable bonds is 8. The number of fused-ring (bicyclic) bond motifs is 1. The van der Waals surface area contributed by atoms with Crippen LogP contribution in [-0.2, 0) is 4.79 Å². The number of nitrogens with one attached hydrogen (secondary N) is 1. The van der Waals surface area contributed by atoms with Crippen molar-refractivity contribution >= 4 is 34.7 Å². The zero-order chi connectivity index (χ0) is 21.6. The monoisotopic (exact) mass is 435 g/mol. The number of ether oxygens (including phenoxy) is 3. The molecular weight excluding hydrogens is 414 g/mol. The zero-order valence-corrected chi connectivity index (χ0v) is 17.7. The smallest absolute Gasteiger partial charge is 0.283 e. The highest BCUT2D eigenvalue weighted by Gasteiger charge is 2.30. The maximum atomic E-state index is 12.3. The first-order valence-corrected chi connectivity index (χ1v) is 10.6. The molecule has 0 fully saturated rings. The van der Waals surface area contributed by atoms with E-state index in [0.29, 0.717) is 29.9 Å². The van der Waals surface area contributed by atoms with Crippen molar-refractivity contribution in [2.75, 3.05) is 20.3 Å². The molecule has 0 saturated carbocycles. The van der Waals surface area contributed by atoms with Crippen LogP contribution >= 0.6 is 11.8 Å². The first-order valence-electron chi connectivity index (χ1n) is 9.70. The molecule has 2 aliphatic rings. The number of hydrogen-bond donors (Lipinski definition) is 1. The molecule has 0 unspecified atom stereocenters. The topological polar surface area (TPSA) is 84.2 Å². The molecule has 0 bridgehead atoms. The number of carbonyl (C=O) groups is 1. The van der Waals surface area contributed by atoms with Gasteiger partial charge in [0.1, 0.15) is 11.6 Å². The Morgan fingerprint density at radius 2 is 1.81 bits per heavy atom. The largest absolute Gasteiger partial charge is 0.493 e. The Balaban J connectivity index is 1.29. The van der Waals surface area contributed by atoms with Crippen molar-refractivity contribution in [3.05, 3.63) is 71.3 Å². The van der Waals surface area contributed by atoms with Crippen LogP contribution in [0.4, 0.5) is 0 Å². The molecule has 8 heteroatoms. The highest BCUT2D eigenvalue weighted by atomic mass is 32.2. The van der Waals surface area contributed by atoms with E-state index < -0.39 is 5.91 Å². The number of para-hydroxylation sites is 2. The minimum atomic E-state index is -0.400. The molecule has 1 N–H and O–H groups in total. The van der Waals surface area contributed by atoms with Gasteiger partial charge in [0.25, 0.3) is 5.91 Å². The molecule has 1 amide bonds. The zero-order valence-electron chi connectivity index (χ0n) is 16.9. The number of thioether (sulfide) groups is 1. The summed E-state index contributed by atoms with van der Waals surface area (Å²) in [5.41, 5.74) is 1.06. The van der Waals surface area contributed by atoms with E-state index in [0.717, 1.165) is 17.7 Å². The van der Waals surface area contributed by atoms with E-state index in [1.807, 2.05) is 48.5 Å². The number of carbonyl (C=O) groups excluding carboxylic acids is 1. The molecule has 31 heavy (non-hydrogen) atoms. The SMILES string of the molecule is COc1ccccc1OCCCOc1ccc(/C=C2/C(=N)N3C=CSC3=NC2=O)cc1. The van der Waals surface area contributed by atoms with Gasteiger partial charge in [0.15, 0.2) is 16.7 Å². The fraction of sp³-hybridized carbons (Fsp3) is 0.174. The van der Waals surface area contributed by atoms with Crippen LogP contribution in [0.5, 0.6) is 17.2 Å². The molecule has 2 aromatic carbocycles. The predicted octanol–water partition coefficient (Wildman–Crippen LogP) is 4.32. The van der Waals surface area contributed by atoms with E-state index in [1.54, 1.807) is 29.7 Å². The average Bonchev–Trinajstić information content (AvgIpc) is 3.26. The second-order valence-corrected chi connectivity index (χ2v) is 7.52. The van der Waals surface area contributed by atoms with Crippen molar-refractivity contribution in [2.45, 2.75) is 6.42 Å². The van der Waals surface area contributed by atoms with E-state index in [9.17, 15) is 4.79 Å². The number of methoxy groups -OCH3 is 1. The van der Waals surface area contributed by atoms with E-state index >= 15 is 0 Å². The summed E-state index contributed by atoms with van der Waals surface area (Å²) in [6.45, 7) is 1.02. The van der Waals surface area contributed by atoms with Gasteiger partial charge < -0.3 is 14.2 Å². The van der Waals surface area contributed by atoms with Gasteiger partial charge in [-0.3, -0.25) is 15.1 Å². The van der Waals surface area contributed by atoms with E-state index in [-0.39, 0.29) is 11.4 Å². The number of nitrogens with zero attached hydrogens (tertiary/aromatic N) is 2. The highest BCUT2D eigenvalue weighted by Crippen LogP contribution is 2.28. The molecule has 7 nitrogen and oxygen atoms in total. The van der Waals surface area contributed by atoms with Gasteiger partial charge in [0.2, 0.25) is 0 Å². The van der Waals surface area contributed by atoms with E-state index in [2.05, 4.69) is 4.99 Å². The normalized spacial score (nSPS) is 16.4. The minimum absolute atomic E-state index is 0.131. The molecule has 2 heterocycles. The van der Waals surface area contributed by atoms with Gasteiger partial charge in [-0.15, -0.1) is 0 Å². The van der Waals surface area contributed by atoms with Crippen LogP contribution in [0.3, 0.4) is 0 Å². The van der Waals surface area contributed by atoms with E-state index in [1.165, 1.54) is 11.8 Å². The lowest BCUT2D eigenvalue weighted by Gasteiger charge is -2.22. The number of aliphatic imine (C=N–C) groups is 1. The van der Waals surface area contributed by atoms with Gasteiger partial charge in [0.05, 0.1) is 25.9 Å².